The van der Waals surface area contributed by atoms with Gasteiger partial charge < -0.3 is 0 Å². The molecular weight excluding hydrogens is 433 g/mol. The number of aromatic nitrogens is 1. The molecule has 0 bridgehead atoms. The molecule has 0 fully saturated rings. The molecule has 0 atom stereocenters. The van der Waals surface area contributed by atoms with Crippen LogP contribution >= 0.6 is 0 Å². The molecule has 0 spiro atoms. The van der Waals surface area contributed by atoms with Gasteiger partial charge in [0.2, 0.25) is 0 Å². The minimum absolute atomic E-state index is 1.08. The number of aryl methyl sites for hydroxylation is 1. The van der Waals surface area contributed by atoms with Crippen molar-refractivity contribution in [3.05, 3.63) is 121 Å². The molecule has 0 aliphatic rings. The van der Waals surface area contributed by atoms with E-state index in [1.165, 1.54) is 10.0 Å². The van der Waals surface area contributed by atoms with Crippen LogP contribution in [0.1, 0.15) is 5.56 Å². The van der Waals surface area contributed by atoms with E-state index in [1.807, 2.05) is 12.4 Å². The van der Waals surface area contributed by atoms with Gasteiger partial charge in [-0.3, -0.25) is 0 Å². The Kier molecular flexibility index (Phi) is 5.69. The van der Waals surface area contributed by atoms with E-state index in [4.69, 9.17) is 0 Å². The van der Waals surface area contributed by atoms with E-state index in [0.717, 1.165) is 6.42 Å². The van der Waals surface area contributed by atoms with Crippen molar-refractivity contribution in [1.29, 1.82) is 0 Å². The van der Waals surface area contributed by atoms with Crippen molar-refractivity contribution < 1.29 is 0 Å². The van der Waals surface area contributed by atoms with Gasteiger partial charge in [-0.1, -0.05) is 0 Å². The average molecular weight is 456 g/mol. The van der Waals surface area contributed by atoms with Crippen LogP contribution in [0.2, 0.25) is 4.44 Å². The second-order valence-electron chi connectivity index (χ2n) is 6.86. The van der Waals surface area contributed by atoms with E-state index in [1.54, 1.807) is 10.7 Å². The molecule has 0 saturated heterocycles. The molecular formula is C25H23NSn. The standard InChI is InChI=1S/C7H8N.3C6H5.Sn/c1-2-7-3-5-8-6-4-7;3*1-2-4-6-5-3-1;/h3-6H,1-2H2;3*1-5H;. The molecule has 0 unspecified atom stereocenters. The molecule has 0 saturated carbocycles. The van der Waals surface area contributed by atoms with Gasteiger partial charge in [0.05, 0.1) is 0 Å². The molecule has 1 nitrogen and oxygen atoms in total. The van der Waals surface area contributed by atoms with Crippen molar-refractivity contribution in [2.24, 2.45) is 0 Å². The van der Waals surface area contributed by atoms with Gasteiger partial charge in [-0.2, -0.15) is 0 Å². The zero-order chi connectivity index (χ0) is 18.4. The minimum atomic E-state index is -3.12. The van der Waals surface area contributed by atoms with Crippen molar-refractivity contribution in [2.45, 2.75) is 10.9 Å². The van der Waals surface area contributed by atoms with Gasteiger partial charge >= 0.3 is 166 Å². The molecule has 1 heterocycles. The van der Waals surface area contributed by atoms with E-state index < -0.39 is 18.4 Å². The third kappa shape index (κ3) is 3.84. The predicted octanol–water partition coefficient (Wildman–Crippen LogP) is 3.79. The Morgan fingerprint density at radius 1 is 0.519 bits per heavy atom. The monoisotopic (exact) mass is 457 g/mol. The maximum absolute atomic E-state index is 4.18. The predicted molar refractivity (Wildman–Crippen MR) is 117 cm³/mol. The first kappa shape index (κ1) is 18.0. The Bertz CT molecular complexity index is 857. The van der Waals surface area contributed by atoms with Crippen molar-refractivity contribution in [3.63, 3.8) is 0 Å². The summed E-state index contributed by atoms with van der Waals surface area (Å²) in [5.74, 6) is 0. The zero-order valence-corrected chi connectivity index (χ0v) is 18.2. The van der Waals surface area contributed by atoms with Gasteiger partial charge in [0.15, 0.2) is 0 Å². The van der Waals surface area contributed by atoms with Crippen LogP contribution in [-0.4, -0.2) is 23.4 Å². The Labute approximate surface area is 165 Å². The molecule has 1 aromatic heterocycles. The van der Waals surface area contributed by atoms with E-state index in [9.17, 15) is 0 Å². The number of hydrogen-bond donors (Lipinski definition) is 0. The van der Waals surface area contributed by atoms with Gasteiger partial charge in [0, 0.05) is 0 Å². The normalized spacial score (nSPS) is 11.3. The van der Waals surface area contributed by atoms with Crippen molar-refractivity contribution in [3.8, 4) is 0 Å². The van der Waals surface area contributed by atoms with Crippen LogP contribution in [-0.2, 0) is 6.42 Å². The fourth-order valence-corrected chi connectivity index (χ4v) is 17.7. The summed E-state index contributed by atoms with van der Waals surface area (Å²) in [6.07, 6.45) is 4.89. The Morgan fingerprint density at radius 2 is 0.926 bits per heavy atom. The molecule has 132 valence electrons. The summed E-state index contributed by atoms with van der Waals surface area (Å²) in [6.45, 7) is 0. The van der Waals surface area contributed by atoms with Gasteiger partial charge in [-0.25, -0.2) is 0 Å². The quantitative estimate of drug-likeness (QED) is 0.403. The first-order chi connectivity index (χ1) is 13.4. The van der Waals surface area contributed by atoms with Crippen LogP contribution in [0.25, 0.3) is 0 Å². The average Bonchev–Trinajstić information content (AvgIpc) is 2.77. The number of pyridine rings is 1. The van der Waals surface area contributed by atoms with Gasteiger partial charge in [-0.15, -0.1) is 0 Å². The fraction of sp³-hybridized carbons (Fsp3) is 0.0800. The third-order valence-corrected chi connectivity index (χ3v) is 19.5. The number of rotatable bonds is 6. The zero-order valence-electron chi connectivity index (χ0n) is 15.3. The number of benzene rings is 3. The van der Waals surface area contributed by atoms with E-state index in [0.29, 0.717) is 0 Å². The molecule has 0 radical (unpaired) electrons. The maximum atomic E-state index is 4.18. The molecule has 0 N–H and O–H groups in total. The summed E-state index contributed by atoms with van der Waals surface area (Å²) in [7, 11) is 0. The van der Waals surface area contributed by atoms with Crippen LogP contribution in [0.15, 0.2) is 116 Å². The first-order valence-electron chi connectivity index (χ1n) is 9.45. The van der Waals surface area contributed by atoms with Crippen molar-refractivity contribution in [2.75, 3.05) is 0 Å². The Balaban J connectivity index is 1.89. The molecule has 4 aromatic rings. The SMILES string of the molecule is c1cc[c]([Sn]([CH2]Cc2ccncc2)([c]2ccccc2)[c]2ccccc2)cc1. The summed E-state index contributed by atoms with van der Waals surface area (Å²) in [5.41, 5.74) is 1.37. The molecule has 2 heteroatoms. The third-order valence-electron chi connectivity index (χ3n) is 5.34. The summed E-state index contributed by atoms with van der Waals surface area (Å²) in [4.78, 5) is 4.18. The molecule has 4 rings (SSSR count). The van der Waals surface area contributed by atoms with Gasteiger partial charge in [-0.05, 0) is 0 Å². The van der Waals surface area contributed by atoms with E-state index >= 15 is 0 Å². The number of nitrogens with zero attached hydrogens (tertiary/aromatic N) is 1. The Hall–Kier alpha value is -2.39. The van der Waals surface area contributed by atoms with Crippen LogP contribution in [0.4, 0.5) is 0 Å². The van der Waals surface area contributed by atoms with Crippen LogP contribution in [0.5, 0.6) is 0 Å². The second-order valence-corrected chi connectivity index (χ2v) is 18.4. The molecule has 0 aliphatic heterocycles. The molecule has 27 heavy (non-hydrogen) atoms. The topological polar surface area (TPSA) is 12.9 Å². The van der Waals surface area contributed by atoms with Gasteiger partial charge in [0.25, 0.3) is 0 Å². The summed E-state index contributed by atoms with van der Waals surface area (Å²) < 4.78 is 5.83. The summed E-state index contributed by atoms with van der Waals surface area (Å²) in [6, 6.07) is 37.9. The van der Waals surface area contributed by atoms with Crippen molar-refractivity contribution in [1.82, 2.24) is 4.98 Å². The Morgan fingerprint density at radius 3 is 1.33 bits per heavy atom. The van der Waals surface area contributed by atoms with Gasteiger partial charge in [0.1, 0.15) is 0 Å². The number of hydrogen-bond acceptors (Lipinski definition) is 1. The van der Waals surface area contributed by atoms with Crippen molar-refractivity contribution >= 4 is 29.1 Å². The molecule has 0 aliphatic carbocycles. The fourth-order valence-electron chi connectivity index (χ4n) is 3.98. The van der Waals surface area contributed by atoms with E-state index in [2.05, 4.69) is 108 Å². The summed E-state index contributed by atoms with van der Waals surface area (Å²) >= 11 is -3.12. The van der Waals surface area contributed by atoms with Crippen LogP contribution < -0.4 is 10.7 Å². The molecule has 0 amide bonds. The van der Waals surface area contributed by atoms with E-state index in [-0.39, 0.29) is 0 Å². The van der Waals surface area contributed by atoms with Crippen LogP contribution in [0, 0.1) is 0 Å². The van der Waals surface area contributed by atoms with Crippen LogP contribution in [0.3, 0.4) is 0 Å². The molecule has 3 aromatic carbocycles. The summed E-state index contributed by atoms with van der Waals surface area (Å²) in [5, 5.41) is 0. The first-order valence-corrected chi connectivity index (χ1v) is 15.7. The second kappa shape index (κ2) is 8.53.